The molecule has 0 unspecified atom stereocenters. The maximum absolute atomic E-state index is 12.7. The number of carbonyl (C=O) groups is 1. The predicted octanol–water partition coefficient (Wildman–Crippen LogP) is 1.90. The van der Waals surface area contributed by atoms with Crippen LogP contribution in [0.2, 0.25) is 0 Å². The Hall–Kier alpha value is -1.80. The molecule has 1 aromatic carbocycles. The first kappa shape index (κ1) is 19.5. The van der Waals surface area contributed by atoms with E-state index in [1.54, 1.807) is 29.2 Å². The Morgan fingerprint density at radius 2 is 1.68 bits per heavy atom. The van der Waals surface area contributed by atoms with Gasteiger partial charge >= 0.3 is 6.03 Å². The second-order valence-electron chi connectivity index (χ2n) is 6.98. The molecule has 0 bridgehead atoms. The van der Waals surface area contributed by atoms with Crippen molar-refractivity contribution >= 4 is 16.1 Å². The molecule has 0 saturated carbocycles. The first-order chi connectivity index (χ1) is 11.6. The smallest absolute Gasteiger partial charge is 0.317 e. The molecule has 0 atom stereocenters. The molecule has 0 aliphatic carbocycles. The van der Waals surface area contributed by atoms with Crippen LogP contribution in [-0.4, -0.2) is 62.0 Å². The first-order valence-corrected chi connectivity index (χ1v) is 9.87. The Morgan fingerprint density at radius 3 is 2.16 bits per heavy atom. The number of sulfonamides is 1. The molecule has 1 N–H and O–H groups in total. The Balaban J connectivity index is 2.00. The molecular weight excluding hydrogens is 342 g/mol. The van der Waals surface area contributed by atoms with Crippen LogP contribution >= 0.6 is 0 Å². The average molecular weight is 369 g/mol. The second-order valence-corrected chi connectivity index (χ2v) is 8.91. The van der Waals surface area contributed by atoms with Crippen molar-refractivity contribution in [1.29, 1.82) is 0 Å². The summed E-state index contributed by atoms with van der Waals surface area (Å²) in [5, 5.41) is 2.90. The van der Waals surface area contributed by atoms with Crippen LogP contribution in [0.5, 0.6) is 5.75 Å². The summed E-state index contributed by atoms with van der Waals surface area (Å²) in [6.07, 6.45) is 0. The fraction of sp³-hybridized carbons (Fsp3) is 0.588. The Morgan fingerprint density at radius 1 is 1.12 bits per heavy atom. The summed E-state index contributed by atoms with van der Waals surface area (Å²) in [6, 6.07) is 6.26. The Labute approximate surface area is 150 Å². The molecule has 2 rings (SSSR count). The lowest BCUT2D eigenvalue weighted by molar-refractivity contribution is 0.165. The third-order valence-electron chi connectivity index (χ3n) is 3.78. The van der Waals surface area contributed by atoms with Crippen molar-refractivity contribution < 1.29 is 17.9 Å². The lowest BCUT2D eigenvalue weighted by atomic mass is 10.1. The minimum atomic E-state index is -3.56. The largest absolute Gasteiger partial charge is 0.494 e. The van der Waals surface area contributed by atoms with Crippen LogP contribution in [-0.2, 0) is 10.0 Å². The molecule has 2 amide bonds. The number of nitrogens with one attached hydrogen (secondary N) is 1. The van der Waals surface area contributed by atoms with Gasteiger partial charge < -0.3 is 15.0 Å². The predicted molar refractivity (Wildman–Crippen MR) is 96.2 cm³/mol. The topological polar surface area (TPSA) is 79.0 Å². The average Bonchev–Trinajstić information content (AvgIpc) is 2.54. The lowest BCUT2D eigenvalue weighted by Gasteiger charge is -2.35. The molecular formula is C17H27N3O4S. The van der Waals surface area contributed by atoms with E-state index < -0.39 is 10.0 Å². The van der Waals surface area contributed by atoms with E-state index in [-0.39, 0.29) is 29.6 Å². The van der Waals surface area contributed by atoms with Crippen LogP contribution in [0.25, 0.3) is 0 Å². The van der Waals surface area contributed by atoms with Gasteiger partial charge in [0.1, 0.15) is 5.75 Å². The number of piperazine rings is 1. The lowest BCUT2D eigenvalue weighted by Crippen LogP contribution is -2.55. The number of ether oxygens (including phenoxy) is 1. The molecule has 1 aromatic rings. The van der Waals surface area contributed by atoms with Crippen LogP contribution in [0.3, 0.4) is 0 Å². The number of urea groups is 1. The summed E-state index contributed by atoms with van der Waals surface area (Å²) in [6.45, 7) is 9.47. The van der Waals surface area contributed by atoms with E-state index in [1.807, 2.05) is 27.7 Å². The van der Waals surface area contributed by atoms with Gasteiger partial charge in [0.25, 0.3) is 0 Å². The van der Waals surface area contributed by atoms with Crippen molar-refractivity contribution in [3.05, 3.63) is 24.3 Å². The minimum Gasteiger partial charge on any atom is -0.494 e. The standard InChI is InChI=1S/C17H27N3O4S/c1-5-24-14-6-8-15(9-7-14)25(22,23)20-12-10-19(11-13-20)16(21)18-17(2,3)4/h6-9H,5,10-13H2,1-4H3,(H,18,21). The van der Waals surface area contributed by atoms with Crippen LogP contribution < -0.4 is 10.1 Å². The maximum atomic E-state index is 12.7. The molecule has 0 spiro atoms. The van der Waals surface area contributed by atoms with E-state index in [1.165, 1.54) is 4.31 Å². The number of benzene rings is 1. The molecule has 140 valence electrons. The highest BCUT2D eigenvalue weighted by Crippen LogP contribution is 2.21. The van der Waals surface area contributed by atoms with Gasteiger partial charge in [0.15, 0.2) is 0 Å². The van der Waals surface area contributed by atoms with E-state index in [0.717, 1.165) is 0 Å². The van der Waals surface area contributed by atoms with Crippen molar-refractivity contribution in [2.75, 3.05) is 32.8 Å². The molecule has 7 nitrogen and oxygen atoms in total. The molecule has 1 saturated heterocycles. The quantitative estimate of drug-likeness (QED) is 0.879. The summed E-state index contributed by atoms with van der Waals surface area (Å²) in [5.74, 6) is 0.644. The normalized spacial score (nSPS) is 16.6. The van der Waals surface area contributed by atoms with Gasteiger partial charge in [-0.25, -0.2) is 13.2 Å². The highest BCUT2D eigenvalue weighted by atomic mass is 32.2. The molecule has 0 aromatic heterocycles. The van der Waals surface area contributed by atoms with E-state index in [4.69, 9.17) is 4.74 Å². The zero-order valence-corrected chi connectivity index (χ0v) is 16.1. The summed E-state index contributed by atoms with van der Waals surface area (Å²) in [5.41, 5.74) is -0.317. The van der Waals surface area contributed by atoms with Gasteiger partial charge in [0.05, 0.1) is 11.5 Å². The third-order valence-corrected chi connectivity index (χ3v) is 5.69. The fourth-order valence-electron chi connectivity index (χ4n) is 2.55. The number of nitrogens with zero attached hydrogens (tertiary/aromatic N) is 2. The van der Waals surface area contributed by atoms with Crippen LogP contribution in [0.1, 0.15) is 27.7 Å². The van der Waals surface area contributed by atoms with Gasteiger partial charge in [-0.3, -0.25) is 0 Å². The zero-order valence-electron chi connectivity index (χ0n) is 15.3. The van der Waals surface area contributed by atoms with Crippen molar-refractivity contribution in [1.82, 2.24) is 14.5 Å². The highest BCUT2D eigenvalue weighted by molar-refractivity contribution is 7.89. The van der Waals surface area contributed by atoms with Crippen molar-refractivity contribution in [2.45, 2.75) is 38.1 Å². The van der Waals surface area contributed by atoms with Crippen LogP contribution in [0, 0.1) is 0 Å². The SMILES string of the molecule is CCOc1ccc(S(=O)(=O)N2CCN(C(=O)NC(C)(C)C)CC2)cc1. The number of rotatable bonds is 4. The van der Waals surface area contributed by atoms with Gasteiger partial charge in [0.2, 0.25) is 10.0 Å². The van der Waals surface area contributed by atoms with Crippen molar-refractivity contribution in [3.63, 3.8) is 0 Å². The number of carbonyl (C=O) groups excluding carboxylic acids is 1. The first-order valence-electron chi connectivity index (χ1n) is 8.43. The van der Waals surface area contributed by atoms with Gasteiger partial charge in [-0.2, -0.15) is 4.31 Å². The van der Waals surface area contributed by atoms with E-state index in [2.05, 4.69) is 5.32 Å². The second kappa shape index (κ2) is 7.61. The summed E-state index contributed by atoms with van der Waals surface area (Å²) in [4.78, 5) is 14.1. The van der Waals surface area contributed by atoms with Gasteiger partial charge in [0, 0.05) is 31.7 Å². The van der Waals surface area contributed by atoms with Crippen LogP contribution in [0.4, 0.5) is 4.79 Å². The Kier molecular flexibility index (Phi) is 5.95. The molecule has 1 aliphatic heterocycles. The number of amides is 2. The molecule has 8 heteroatoms. The third kappa shape index (κ3) is 5.09. The van der Waals surface area contributed by atoms with Gasteiger partial charge in [-0.1, -0.05) is 0 Å². The summed E-state index contributed by atoms with van der Waals surface area (Å²) in [7, 11) is -3.56. The van der Waals surface area contributed by atoms with E-state index in [0.29, 0.717) is 25.4 Å². The zero-order chi connectivity index (χ0) is 18.7. The molecule has 25 heavy (non-hydrogen) atoms. The van der Waals surface area contributed by atoms with E-state index >= 15 is 0 Å². The molecule has 1 aliphatic rings. The fourth-order valence-corrected chi connectivity index (χ4v) is 3.98. The molecule has 1 heterocycles. The monoisotopic (exact) mass is 369 g/mol. The summed E-state index contributed by atoms with van der Waals surface area (Å²) >= 11 is 0. The van der Waals surface area contributed by atoms with E-state index in [9.17, 15) is 13.2 Å². The number of hydrogen-bond donors (Lipinski definition) is 1. The highest BCUT2D eigenvalue weighted by Gasteiger charge is 2.31. The minimum absolute atomic E-state index is 0.161. The van der Waals surface area contributed by atoms with Gasteiger partial charge in [-0.15, -0.1) is 0 Å². The van der Waals surface area contributed by atoms with Crippen molar-refractivity contribution in [2.24, 2.45) is 0 Å². The molecule has 1 fully saturated rings. The van der Waals surface area contributed by atoms with Gasteiger partial charge in [-0.05, 0) is 52.0 Å². The Bertz CT molecular complexity index is 688. The molecule has 0 radical (unpaired) electrons. The maximum Gasteiger partial charge on any atom is 0.317 e. The van der Waals surface area contributed by atoms with Crippen LogP contribution in [0.15, 0.2) is 29.2 Å². The summed E-state index contributed by atoms with van der Waals surface area (Å²) < 4.78 is 32.2. The van der Waals surface area contributed by atoms with Crippen molar-refractivity contribution in [3.8, 4) is 5.75 Å². The number of hydrogen-bond acceptors (Lipinski definition) is 4.